The summed E-state index contributed by atoms with van der Waals surface area (Å²) in [6, 6.07) is 20.2. The largest absolute Gasteiger partial charge is 0.481 e. The minimum Gasteiger partial charge on any atom is -0.481 e. The van der Waals surface area contributed by atoms with Crippen LogP contribution in [0.4, 0.5) is 11.5 Å². The topological polar surface area (TPSA) is 58.4 Å². The predicted octanol–water partition coefficient (Wildman–Crippen LogP) is 4.50. The predicted molar refractivity (Wildman–Crippen MR) is 113 cm³/mol. The van der Waals surface area contributed by atoms with Gasteiger partial charge in [-0.1, -0.05) is 49.4 Å². The van der Waals surface area contributed by atoms with Crippen molar-refractivity contribution in [3.63, 3.8) is 0 Å². The van der Waals surface area contributed by atoms with Crippen LogP contribution in [0, 0.1) is 0 Å². The second-order valence-corrected chi connectivity index (χ2v) is 8.16. The van der Waals surface area contributed by atoms with Crippen molar-refractivity contribution < 1.29 is 9.90 Å². The van der Waals surface area contributed by atoms with Gasteiger partial charge < -0.3 is 10.0 Å². The molecule has 5 nitrogen and oxygen atoms in total. The summed E-state index contributed by atoms with van der Waals surface area (Å²) >= 11 is 0. The molecule has 1 N–H and O–H groups in total. The summed E-state index contributed by atoms with van der Waals surface area (Å²) in [5.41, 5.74) is 1.88. The van der Waals surface area contributed by atoms with Gasteiger partial charge in [0, 0.05) is 30.3 Å². The van der Waals surface area contributed by atoms with E-state index in [4.69, 9.17) is 0 Å². The molecule has 0 spiro atoms. The Morgan fingerprint density at radius 3 is 2.62 bits per heavy atom. The number of hydrogen-bond donors (Lipinski definition) is 1. The van der Waals surface area contributed by atoms with Gasteiger partial charge >= 0.3 is 5.97 Å². The summed E-state index contributed by atoms with van der Waals surface area (Å²) in [4.78, 5) is 14.8. The number of aromatic nitrogens is 2. The molecule has 29 heavy (non-hydrogen) atoms. The molecule has 1 aliphatic carbocycles. The molecule has 1 saturated carbocycles. The molecule has 0 amide bonds. The van der Waals surface area contributed by atoms with Crippen LogP contribution in [0.25, 0.3) is 0 Å². The van der Waals surface area contributed by atoms with Crippen molar-refractivity contribution in [2.24, 2.45) is 0 Å². The van der Waals surface area contributed by atoms with Crippen molar-refractivity contribution >= 4 is 17.5 Å². The first-order valence-electron chi connectivity index (χ1n) is 10.3. The maximum absolute atomic E-state index is 12.5. The minimum atomic E-state index is -0.856. The van der Waals surface area contributed by atoms with Gasteiger partial charge in [-0.05, 0) is 42.5 Å². The third kappa shape index (κ3) is 2.46. The highest BCUT2D eigenvalue weighted by atomic mass is 16.4. The van der Waals surface area contributed by atoms with Crippen LogP contribution in [-0.2, 0) is 22.2 Å². The molecule has 0 saturated heterocycles. The van der Waals surface area contributed by atoms with Crippen molar-refractivity contribution in [2.75, 3.05) is 11.4 Å². The maximum atomic E-state index is 12.5. The van der Waals surface area contributed by atoms with Gasteiger partial charge in [-0.3, -0.25) is 4.79 Å². The Hall–Kier alpha value is -3.08. The van der Waals surface area contributed by atoms with Crippen LogP contribution in [0.5, 0.6) is 0 Å². The second kappa shape index (κ2) is 6.48. The van der Waals surface area contributed by atoms with E-state index in [2.05, 4.69) is 41.2 Å². The van der Waals surface area contributed by atoms with Crippen LogP contribution < -0.4 is 4.90 Å². The normalized spacial score (nSPS) is 25.5. The van der Waals surface area contributed by atoms with Gasteiger partial charge in [-0.2, -0.15) is 5.10 Å². The number of rotatable bonds is 5. The van der Waals surface area contributed by atoms with Crippen molar-refractivity contribution in [3.8, 4) is 0 Å². The van der Waals surface area contributed by atoms with E-state index in [9.17, 15) is 9.90 Å². The highest BCUT2D eigenvalue weighted by Gasteiger charge is 2.72. The average molecular weight is 387 g/mol. The van der Waals surface area contributed by atoms with E-state index in [1.807, 2.05) is 47.3 Å². The lowest BCUT2D eigenvalue weighted by Gasteiger charge is -2.31. The molecule has 0 unspecified atom stereocenters. The lowest BCUT2D eigenvalue weighted by molar-refractivity contribution is -0.140. The Balaban J connectivity index is 1.58. The van der Waals surface area contributed by atoms with Crippen molar-refractivity contribution in [1.82, 2.24) is 9.78 Å². The zero-order valence-electron chi connectivity index (χ0n) is 16.6. The zero-order chi connectivity index (χ0) is 20.1. The Morgan fingerprint density at radius 2 is 1.86 bits per heavy atom. The van der Waals surface area contributed by atoms with E-state index < -0.39 is 11.4 Å². The molecule has 5 heteroatoms. The van der Waals surface area contributed by atoms with Crippen LogP contribution in [0.3, 0.4) is 0 Å². The number of fused-ring (bicyclic) bond motifs is 1. The van der Waals surface area contributed by atoms with E-state index in [1.54, 1.807) is 0 Å². The van der Waals surface area contributed by atoms with E-state index >= 15 is 0 Å². The van der Waals surface area contributed by atoms with Crippen molar-refractivity contribution in [3.05, 3.63) is 78.0 Å². The fourth-order valence-corrected chi connectivity index (χ4v) is 5.35. The molecule has 2 aromatic carbocycles. The number of nitrogens with zero attached hydrogens (tertiary/aromatic N) is 3. The first-order valence-corrected chi connectivity index (χ1v) is 10.3. The smallest absolute Gasteiger partial charge is 0.315 e. The van der Waals surface area contributed by atoms with Crippen LogP contribution in [0.2, 0.25) is 0 Å². The Bertz CT molecular complexity index is 1060. The zero-order valence-corrected chi connectivity index (χ0v) is 16.6. The number of aliphatic carboxylic acids is 1. The Morgan fingerprint density at radius 1 is 1.07 bits per heavy atom. The highest BCUT2D eigenvalue weighted by Crippen LogP contribution is 2.67. The van der Waals surface area contributed by atoms with E-state index in [1.165, 1.54) is 0 Å². The van der Waals surface area contributed by atoms with E-state index in [0.29, 0.717) is 6.42 Å². The summed E-state index contributed by atoms with van der Waals surface area (Å²) in [7, 11) is 0. The Labute approximate surface area is 170 Å². The van der Waals surface area contributed by atoms with Gasteiger partial charge in [0.05, 0.1) is 6.20 Å². The van der Waals surface area contributed by atoms with Gasteiger partial charge in [0.2, 0.25) is 0 Å². The van der Waals surface area contributed by atoms with E-state index in [0.717, 1.165) is 48.6 Å². The van der Waals surface area contributed by atoms with Crippen molar-refractivity contribution in [1.29, 1.82) is 0 Å². The van der Waals surface area contributed by atoms with Crippen LogP contribution in [0.15, 0.2) is 66.9 Å². The first kappa shape index (κ1) is 18.0. The number of benzene rings is 2. The molecular weight excluding hydrogens is 362 g/mol. The summed E-state index contributed by atoms with van der Waals surface area (Å²) in [5.74, 6) is 0.370. The average Bonchev–Trinajstić information content (AvgIpc) is 3.26. The van der Waals surface area contributed by atoms with Gasteiger partial charge in [-0.15, -0.1) is 0 Å². The number of carboxylic acid groups (broad SMARTS) is 1. The molecule has 148 valence electrons. The van der Waals surface area contributed by atoms with Gasteiger partial charge in [0.15, 0.2) is 0 Å². The number of carboxylic acids is 1. The fourth-order valence-electron chi connectivity index (χ4n) is 5.35. The number of aryl methyl sites for hydroxylation is 1. The molecule has 1 fully saturated rings. The molecule has 2 heterocycles. The number of hydrogen-bond acceptors (Lipinski definition) is 3. The van der Waals surface area contributed by atoms with Gasteiger partial charge in [-0.25, -0.2) is 4.68 Å². The molecule has 2 aliphatic rings. The summed E-state index contributed by atoms with van der Waals surface area (Å²) in [6.45, 7) is 3.99. The lowest BCUT2D eigenvalue weighted by Crippen LogP contribution is -2.31. The van der Waals surface area contributed by atoms with Gasteiger partial charge in [0.25, 0.3) is 0 Å². The number of carbonyl (C=O) groups is 1. The lowest BCUT2D eigenvalue weighted by atomic mass is 9.79. The van der Waals surface area contributed by atoms with Crippen LogP contribution in [0.1, 0.15) is 37.3 Å². The first-order chi connectivity index (χ1) is 14.1. The molecule has 2 atom stereocenters. The third-order valence-electron chi connectivity index (χ3n) is 6.93. The minimum absolute atomic E-state index is 0.383. The molecule has 1 aromatic heterocycles. The van der Waals surface area contributed by atoms with Gasteiger partial charge in [0.1, 0.15) is 11.2 Å². The molecular formula is C24H25N3O2. The highest BCUT2D eigenvalue weighted by molar-refractivity contribution is 5.90. The summed E-state index contributed by atoms with van der Waals surface area (Å²) in [6.07, 6.45) is 4.31. The molecule has 3 aromatic rings. The summed E-state index contributed by atoms with van der Waals surface area (Å²) < 4.78 is 2.04. The maximum Gasteiger partial charge on any atom is 0.315 e. The van der Waals surface area contributed by atoms with Crippen LogP contribution >= 0.6 is 0 Å². The molecule has 0 radical (unpaired) electrons. The standard InChI is InChI=1S/C24H25N3O2/c1-2-23(17-24(23,22(28)29)18-8-4-3-5-9-18)19-10-6-11-20(16-19)26-14-7-15-27-21(26)12-13-25-27/h3-6,8-13,16H,2,7,14-15,17H2,1H3,(H,28,29)/t23-,24+/m1/s1. The Kier molecular flexibility index (Phi) is 4.02. The SMILES string of the molecule is CC[C@]1(c2cccc(N3CCCn4nccc43)c2)C[C@@]1(C(=O)O)c1ccccc1. The third-order valence-corrected chi connectivity index (χ3v) is 6.93. The van der Waals surface area contributed by atoms with Crippen LogP contribution in [-0.4, -0.2) is 27.4 Å². The monoisotopic (exact) mass is 387 g/mol. The fraction of sp³-hybridized carbons (Fsp3) is 0.333. The summed E-state index contributed by atoms with van der Waals surface area (Å²) in [5, 5.41) is 14.7. The molecule has 5 rings (SSSR count). The number of anilines is 2. The molecule has 0 bridgehead atoms. The second-order valence-electron chi connectivity index (χ2n) is 8.16. The quantitative estimate of drug-likeness (QED) is 0.700. The molecule has 1 aliphatic heterocycles. The van der Waals surface area contributed by atoms with E-state index in [-0.39, 0.29) is 5.41 Å². The van der Waals surface area contributed by atoms with Crippen molar-refractivity contribution in [2.45, 2.75) is 43.6 Å².